The standard InChI is InChI=1S/C14H21N3O3/c1-14(2,3)11-10(12(18)19)8-16-13(17-11)15-7-9-5-4-6-20-9/h8-9H,4-7H2,1-3H3,(H,18,19)(H,15,16,17). The molecular formula is C14H21N3O3. The van der Waals surface area contributed by atoms with Gasteiger partial charge in [-0.1, -0.05) is 20.8 Å². The van der Waals surface area contributed by atoms with Crippen LogP contribution in [-0.2, 0) is 10.2 Å². The van der Waals surface area contributed by atoms with E-state index in [2.05, 4.69) is 15.3 Å². The van der Waals surface area contributed by atoms with Gasteiger partial charge in [0.15, 0.2) is 0 Å². The van der Waals surface area contributed by atoms with Crippen LogP contribution in [0.25, 0.3) is 0 Å². The number of nitrogens with one attached hydrogen (secondary N) is 1. The molecule has 6 heteroatoms. The number of aromatic nitrogens is 2. The first kappa shape index (κ1) is 14.7. The summed E-state index contributed by atoms with van der Waals surface area (Å²) in [7, 11) is 0. The zero-order valence-electron chi connectivity index (χ0n) is 12.1. The molecule has 2 N–H and O–H groups in total. The van der Waals surface area contributed by atoms with Gasteiger partial charge < -0.3 is 15.2 Å². The van der Waals surface area contributed by atoms with Gasteiger partial charge in [0.2, 0.25) is 5.95 Å². The number of carbonyl (C=O) groups is 1. The number of aromatic carboxylic acids is 1. The van der Waals surface area contributed by atoms with Crippen molar-refractivity contribution in [2.75, 3.05) is 18.5 Å². The minimum absolute atomic E-state index is 0.153. The molecule has 110 valence electrons. The van der Waals surface area contributed by atoms with Gasteiger partial charge >= 0.3 is 5.97 Å². The topological polar surface area (TPSA) is 84.3 Å². The molecule has 20 heavy (non-hydrogen) atoms. The highest BCUT2D eigenvalue weighted by atomic mass is 16.5. The zero-order chi connectivity index (χ0) is 14.8. The first-order valence-corrected chi connectivity index (χ1v) is 6.84. The lowest BCUT2D eigenvalue weighted by molar-refractivity contribution is 0.0693. The molecule has 0 amide bonds. The molecule has 0 aliphatic carbocycles. The quantitative estimate of drug-likeness (QED) is 0.877. The Morgan fingerprint density at radius 2 is 2.30 bits per heavy atom. The van der Waals surface area contributed by atoms with Crippen molar-refractivity contribution in [2.45, 2.75) is 45.1 Å². The van der Waals surface area contributed by atoms with E-state index in [1.54, 1.807) is 0 Å². The Kier molecular flexibility index (Phi) is 4.23. The van der Waals surface area contributed by atoms with E-state index in [-0.39, 0.29) is 17.1 Å². The van der Waals surface area contributed by atoms with Crippen molar-refractivity contribution in [1.29, 1.82) is 0 Å². The number of rotatable bonds is 4. The van der Waals surface area contributed by atoms with Gasteiger partial charge in [0.05, 0.1) is 17.4 Å². The number of carboxylic acid groups (broad SMARTS) is 1. The van der Waals surface area contributed by atoms with Gasteiger partial charge in [-0.05, 0) is 12.8 Å². The van der Waals surface area contributed by atoms with Crippen molar-refractivity contribution in [2.24, 2.45) is 0 Å². The molecule has 1 fully saturated rings. The summed E-state index contributed by atoms with van der Waals surface area (Å²) in [6.45, 7) is 7.26. The molecule has 1 aromatic heterocycles. The third-order valence-electron chi connectivity index (χ3n) is 3.24. The minimum atomic E-state index is -0.999. The number of hydrogen-bond acceptors (Lipinski definition) is 5. The maximum Gasteiger partial charge on any atom is 0.339 e. The van der Waals surface area contributed by atoms with E-state index in [0.717, 1.165) is 19.4 Å². The van der Waals surface area contributed by atoms with E-state index < -0.39 is 5.97 Å². The highest BCUT2D eigenvalue weighted by Crippen LogP contribution is 2.24. The van der Waals surface area contributed by atoms with Crippen LogP contribution in [0.1, 0.15) is 49.7 Å². The van der Waals surface area contributed by atoms with Crippen LogP contribution < -0.4 is 5.32 Å². The molecule has 1 atom stereocenters. The second-order valence-electron chi connectivity index (χ2n) is 6.03. The Balaban J connectivity index is 2.16. The van der Waals surface area contributed by atoms with E-state index in [1.807, 2.05) is 20.8 Å². The van der Waals surface area contributed by atoms with Crippen LogP contribution in [-0.4, -0.2) is 40.3 Å². The van der Waals surface area contributed by atoms with Crippen molar-refractivity contribution >= 4 is 11.9 Å². The second kappa shape index (κ2) is 5.75. The first-order chi connectivity index (χ1) is 9.38. The predicted molar refractivity (Wildman–Crippen MR) is 75.2 cm³/mol. The molecule has 2 heterocycles. The summed E-state index contributed by atoms with van der Waals surface area (Å²) < 4.78 is 5.52. The highest BCUT2D eigenvalue weighted by molar-refractivity contribution is 5.89. The molecule has 1 aromatic rings. The summed E-state index contributed by atoms with van der Waals surface area (Å²) in [4.78, 5) is 19.7. The van der Waals surface area contributed by atoms with Crippen molar-refractivity contribution in [3.63, 3.8) is 0 Å². The molecule has 2 rings (SSSR count). The van der Waals surface area contributed by atoms with Gasteiger partial charge in [-0.2, -0.15) is 0 Å². The Bertz CT molecular complexity index is 491. The maximum absolute atomic E-state index is 11.2. The van der Waals surface area contributed by atoms with Crippen LogP contribution in [0.5, 0.6) is 0 Å². The summed E-state index contributed by atoms with van der Waals surface area (Å²) >= 11 is 0. The third kappa shape index (κ3) is 3.45. The lowest BCUT2D eigenvalue weighted by Crippen LogP contribution is -2.23. The molecule has 1 aliphatic heterocycles. The van der Waals surface area contributed by atoms with Gasteiger partial charge in [-0.3, -0.25) is 0 Å². The molecule has 1 unspecified atom stereocenters. The molecule has 1 aliphatic rings. The maximum atomic E-state index is 11.2. The zero-order valence-corrected chi connectivity index (χ0v) is 12.1. The summed E-state index contributed by atoms with van der Waals surface area (Å²) in [5.74, 6) is -0.545. The fourth-order valence-corrected chi connectivity index (χ4v) is 2.21. The smallest absolute Gasteiger partial charge is 0.339 e. The number of anilines is 1. The molecule has 6 nitrogen and oxygen atoms in total. The van der Waals surface area contributed by atoms with E-state index in [1.165, 1.54) is 6.20 Å². The lowest BCUT2D eigenvalue weighted by Gasteiger charge is -2.20. The average Bonchev–Trinajstić information content (AvgIpc) is 2.88. The Morgan fingerprint density at radius 3 is 2.85 bits per heavy atom. The number of carboxylic acids is 1. The molecule has 0 aromatic carbocycles. The van der Waals surface area contributed by atoms with E-state index in [4.69, 9.17) is 4.74 Å². The summed E-state index contributed by atoms with van der Waals surface area (Å²) in [6.07, 6.45) is 3.68. The molecular weight excluding hydrogens is 258 g/mol. The number of nitrogens with zero attached hydrogens (tertiary/aromatic N) is 2. The first-order valence-electron chi connectivity index (χ1n) is 6.84. The normalized spacial score (nSPS) is 19.1. The predicted octanol–water partition coefficient (Wildman–Crippen LogP) is 2.06. The van der Waals surface area contributed by atoms with Crippen LogP contribution in [0.3, 0.4) is 0 Å². The van der Waals surface area contributed by atoms with Gasteiger partial charge in [0.1, 0.15) is 0 Å². The molecule has 0 bridgehead atoms. The summed E-state index contributed by atoms with van der Waals surface area (Å²) in [6, 6.07) is 0. The van der Waals surface area contributed by atoms with Gasteiger partial charge in [0.25, 0.3) is 0 Å². The van der Waals surface area contributed by atoms with Gasteiger partial charge in [0, 0.05) is 24.8 Å². The number of hydrogen-bond donors (Lipinski definition) is 2. The lowest BCUT2D eigenvalue weighted by atomic mass is 9.89. The van der Waals surface area contributed by atoms with E-state index in [0.29, 0.717) is 18.2 Å². The molecule has 1 saturated heterocycles. The van der Waals surface area contributed by atoms with E-state index >= 15 is 0 Å². The van der Waals surface area contributed by atoms with Crippen molar-refractivity contribution in [1.82, 2.24) is 9.97 Å². The Hall–Kier alpha value is -1.69. The summed E-state index contributed by atoms with van der Waals surface area (Å²) in [5.41, 5.74) is 0.340. The third-order valence-corrected chi connectivity index (χ3v) is 3.24. The van der Waals surface area contributed by atoms with Crippen LogP contribution in [0, 0.1) is 0 Å². The average molecular weight is 279 g/mol. The fraction of sp³-hybridized carbons (Fsp3) is 0.643. The largest absolute Gasteiger partial charge is 0.478 e. The minimum Gasteiger partial charge on any atom is -0.478 e. The van der Waals surface area contributed by atoms with Crippen molar-refractivity contribution in [3.05, 3.63) is 17.5 Å². The highest BCUT2D eigenvalue weighted by Gasteiger charge is 2.25. The molecule has 0 radical (unpaired) electrons. The Morgan fingerprint density at radius 1 is 1.55 bits per heavy atom. The molecule has 0 saturated carbocycles. The summed E-state index contributed by atoms with van der Waals surface area (Å²) in [5, 5.41) is 12.3. The van der Waals surface area contributed by atoms with Gasteiger partial charge in [-0.25, -0.2) is 14.8 Å². The monoisotopic (exact) mass is 279 g/mol. The Labute approximate surface area is 118 Å². The van der Waals surface area contributed by atoms with Crippen molar-refractivity contribution in [3.8, 4) is 0 Å². The van der Waals surface area contributed by atoms with Crippen LogP contribution in [0.15, 0.2) is 6.20 Å². The SMILES string of the molecule is CC(C)(C)c1nc(NCC2CCCO2)ncc1C(=O)O. The fourth-order valence-electron chi connectivity index (χ4n) is 2.21. The molecule has 0 spiro atoms. The van der Waals surface area contributed by atoms with Crippen LogP contribution in [0.2, 0.25) is 0 Å². The van der Waals surface area contributed by atoms with Crippen LogP contribution >= 0.6 is 0 Å². The van der Waals surface area contributed by atoms with Crippen LogP contribution in [0.4, 0.5) is 5.95 Å². The van der Waals surface area contributed by atoms with Crippen molar-refractivity contribution < 1.29 is 14.6 Å². The number of ether oxygens (including phenoxy) is 1. The van der Waals surface area contributed by atoms with E-state index in [9.17, 15) is 9.90 Å². The van der Waals surface area contributed by atoms with Gasteiger partial charge in [-0.15, -0.1) is 0 Å². The second-order valence-corrected chi connectivity index (χ2v) is 6.03.